The smallest absolute Gasteiger partial charge is 0.261 e. The van der Waals surface area contributed by atoms with E-state index >= 15 is 0 Å². The number of carbonyl (C=O) groups is 1. The number of sulfonamides is 1. The zero-order valence-electron chi connectivity index (χ0n) is 17.4. The van der Waals surface area contributed by atoms with Crippen molar-refractivity contribution < 1.29 is 17.9 Å². The summed E-state index contributed by atoms with van der Waals surface area (Å²) in [5.74, 6) is 0.724. The first-order valence-corrected chi connectivity index (χ1v) is 12.8. The van der Waals surface area contributed by atoms with Crippen molar-refractivity contribution in [3.63, 3.8) is 0 Å². The number of para-hydroxylation sites is 1. The quantitative estimate of drug-likeness (QED) is 0.579. The van der Waals surface area contributed by atoms with E-state index in [0.717, 1.165) is 48.4 Å². The third-order valence-corrected chi connectivity index (χ3v) is 7.03. The first kappa shape index (κ1) is 22.7. The van der Waals surface area contributed by atoms with E-state index in [0.29, 0.717) is 24.4 Å². The van der Waals surface area contributed by atoms with Crippen molar-refractivity contribution in [2.75, 3.05) is 39.5 Å². The Hall–Kier alpha value is -1.94. The molecule has 2 N–H and O–H groups in total. The number of methoxy groups -OCH3 is 1. The SMILES string of the molecule is COc1ccccc1C(CNC(=O)c1ccc(CCNS(C)(=O)=O)s1)N1CCCC1. The molecule has 1 saturated heterocycles. The van der Waals surface area contributed by atoms with E-state index in [1.807, 2.05) is 24.3 Å². The van der Waals surface area contributed by atoms with Crippen molar-refractivity contribution in [1.82, 2.24) is 14.9 Å². The zero-order valence-corrected chi connectivity index (χ0v) is 19.0. The van der Waals surface area contributed by atoms with Crippen LogP contribution >= 0.6 is 11.3 Å². The highest BCUT2D eigenvalue weighted by molar-refractivity contribution is 7.88. The second kappa shape index (κ2) is 10.4. The fourth-order valence-corrected chi connectivity index (χ4v) is 5.10. The Morgan fingerprint density at radius 2 is 1.93 bits per heavy atom. The van der Waals surface area contributed by atoms with E-state index in [4.69, 9.17) is 4.74 Å². The highest BCUT2D eigenvalue weighted by Crippen LogP contribution is 2.31. The number of hydrogen-bond acceptors (Lipinski definition) is 6. The van der Waals surface area contributed by atoms with Gasteiger partial charge < -0.3 is 10.1 Å². The molecule has 2 heterocycles. The fraction of sp³-hybridized carbons (Fsp3) is 0.476. The minimum absolute atomic E-state index is 0.0611. The van der Waals surface area contributed by atoms with Gasteiger partial charge in [-0.05, 0) is 50.6 Å². The molecule has 1 aliphatic heterocycles. The Morgan fingerprint density at radius 3 is 2.63 bits per heavy atom. The molecule has 30 heavy (non-hydrogen) atoms. The lowest BCUT2D eigenvalue weighted by Gasteiger charge is -2.29. The second-order valence-electron chi connectivity index (χ2n) is 7.39. The highest BCUT2D eigenvalue weighted by Gasteiger charge is 2.26. The molecule has 164 valence electrons. The molecule has 1 fully saturated rings. The van der Waals surface area contributed by atoms with Crippen molar-refractivity contribution >= 4 is 27.3 Å². The van der Waals surface area contributed by atoms with Crippen LogP contribution in [-0.4, -0.2) is 58.8 Å². The van der Waals surface area contributed by atoms with E-state index in [-0.39, 0.29) is 11.9 Å². The van der Waals surface area contributed by atoms with E-state index in [9.17, 15) is 13.2 Å². The third-order valence-electron chi connectivity index (χ3n) is 5.16. The van der Waals surface area contributed by atoms with Crippen LogP contribution in [0.4, 0.5) is 0 Å². The molecule has 1 aliphatic rings. The van der Waals surface area contributed by atoms with Crippen LogP contribution in [0.15, 0.2) is 36.4 Å². The summed E-state index contributed by atoms with van der Waals surface area (Å²) in [5.41, 5.74) is 1.08. The first-order chi connectivity index (χ1) is 14.4. The van der Waals surface area contributed by atoms with Gasteiger partial charge >= 0.3 is 0 Å². The maximum Gasteiger partial charge on any atom is 0.261 e. The molecule has 0 saturated carbocycles. The lowest BCUT2D eigenvalue weighted by molar-refractivity contribution is 0.0941. The predicted molar refractivity (Wildman–Crippen MR) is 120 cm³/mol. The summed E-state index contributed by atoms with van der Waals surface area (Å²) < 4.78 is 30.4. The first-order valence-electron chi connectivity index (χ1n) is 10.1. The Bertz CT molecular complexity index is 953. The molecule has 1 aromatic heterocycles. The van der Waals surface area contributed by atoms with Crippen LogP contribution in [0.2, 0.25) is 0 Å². The van der Waals surface area contributed by atoms with Gasteiger partial charge in [0.15, 0.2) is 0 Å². The van der Waals surface area contributed by atoms with Crippen LogP contribution in [0, 0.1) is 0 Å². The van der Waals surface area contributed by atoms with E-state index in [1.165, 1.54) is 11.3 Å². The molecule has 0 spiro atoms. The van der Waals surface area contributed by atoms with Gasteiger partial charge in [0, 0.05) is 23.5 Å². The summed E-state index contributed by atoms with van der Waals surface area (Å²) in [7, 11) is -1.53. The maximum atomic E-state index is 12.7. The molecule has 2 aromatic rings. The van der Waals surface area contributed by atoms with Gasteiger partial charge in [0.05, 0.1) is 24.3 Å². The van der Waals surface area contributed by atoms with Crippen LogP contribution in [0.25, 0.3) is 0 Å². The second-order valence-corrected chi connectivity index (χ2v) is 10.4. The van der Waals surface area contributed by atoms with Gasteiger partial charge in [-0.1, -0.05) is 18.2 Å². The normalized spacial score (nSPS) is 15.8. The molecule has 1 unspecified atom stereocenters. The molecule has 3 rings (SSSR count). The Kier molecular flexibility index (Phi) is 7.87. The molecule has 0 aliphatic carbocycles. The van der Waals surface area contributed by atoms with E-state index in [1.54, 1.807) is 13.2 Å². The van der Waals surface area contributed by atoms with Crippen molar-refractivity contribution in [3.05, 3.63) is 51.7 Å². The van der Waals surface area contributed by atoms with Crippen molar-refractivity contribution in [1.29, 1.82) is 0 Å². The number of nitrogens with zero attached hydrogens (tertiary/aromatic N) is 1. The molecule has 1 atom stereocenters. The summed E-state index contributed by atoms with van der Waals surface area (Å²) in [6.07, 6.45) is 4.02. The lowest BCUT2D eigenvalue weighted by atomic mass is 10.0. The van der Waals surface area contributed by atoms with Crippen LogP contribution in [0.5, 0.6) is 5.75 Å². The van der Waals surface area contributed by atoms with Crippen molar-refractivity contribution in [3.8, 4) is 5.75 Å². The number of likely N-dealkylation sites (tertiary alicyclic amines) is 1. The summed E-state index contributed by atoms with van der Waals surface area (Å²) in [5, 5.41) is 3.08. The monoisotopic (exact) mass is 451 g/mol. The predicted octanol–water partition coefficient (Wildman–Crippen LogP) is 2.42. The molecule has 0 bridgehead atoms. The van der Waals surface area contributed by atoms with Crippen LogP contribution in [0.3, 0.4) is 0 Å². The molecule has 1 amide bonds. The minimum atomic E-state index is -3.20. The minimum Gasteiger partial charge on any atom is -0.496 e. The van der Waals surface area contributed by atoms with Gasteiger partial charge in [0.1, 0.15) is 5.75 Å². The number of hydrogen-bond donors (Lipinski definition) is 2. The largest absolute Gasteiger partial charge is 0.496 e. The average Bonchev–Trinajstić information content (AvgIpc) is 3.40. The van der Waals surface area contributed by atoms with Gasteiger partial charge in [-0.2, -0.15) is 0 Å². The number of carbonyl (C=O) groups excluding carboxylic acids is 1. The molecular formula is C21H29N3O4S2. The van der Waals surface area contributed by atoms with Gasteiger partial charge in [-0.25, -0.2) is 13.1 Å². The number of thiophene rings is 1. The fourth-order valence-electron chi connectivity index (χ4n) is 3.70. The van der Waals surface area contributed by atoms with Crippen LogP contribution in [-0.2, 0) is 16.4 Å². The summed E-state index contributed by atoms with van der Waals surface area (Å²) in [6, 6.07) is 11.7. The third kappa shape index (κ3) is 6.28. The summed E-state index contributed by atoms with van der Waals surface area (Å²) in [6.45, 7) is 2.84. The summed E-state index contributed by atoms with van der Waals surface area (Å²) >= 11 is 1.39. The molecule has 7 nitrogen and oxygen atoms in total. The Morgan fingerprint density at radius 1 is 1.20 bits per heavy atom. The van der Waals surface area contributed by atoms with Crippen molar-refractivity contribution in [2.24, 2.45) is 0 Å². The molecule has 0 radical (unpaired) electrons. The van der Waals surface area contributed by atoms with Crippen molar-refractivity contribution in [2.45, 2.75) is 25.3 Å². The van der Waals surface area contributed by atoms with Gasteiger partial charge in [0.2, 0.25) is 10.0 Å². The van der Waals surface area contributed by atoms with Crippen LogP contribution in [0.1, 0.15) is 39.0 Å². The van der Waals surface area contributed by atoms with E-state index < -0.39 is 10.0 Å². The number of amides is 1. The topological polar surface area (TPSA) is 87.7 Å². The van der Waals surface area contributed by atoms with E-state index in [2.05, 4.69) is 21.0 Å². The number of ether oxygens (including phenoxy) is 1. The van der Waals surface area contributed by atoms with Gasteiger partial charge in [-0.15, -0.1) is 11.3 Å². The molecular weight excluding hydrogens is 422 g/mol. The number of nitrogens with one attached hydrogen (secondary N) is 2. The molecule has 9 heteroatoms. The van der Waals surface area contributed by atoms with Gasteiger partial charge in [0.25, 0.3) is 5.91 Å². The summed E-state index contributed by atoms with van der Waals surface area (Å²) in [4.78, 5) is 16.7. The Balaban J connectivity index is 1.63. The molecule has 1 aromatic carbocycles. The highest BCUT2D eigenvalue weighted by atomic mass is 32.2. The van der Waals surface area contributed by atoms with Gasteiger partial charge in [-0.3, -0.25) is 9.69 Å². The average molecular weight is 452 g/mol. The standard InChI is InChI=1S/C21H29N3O4S2/c1-28-19-8-4-3-7-17(19)18(24-13-5-6-14-24)15-22-21(25)20-10-9-16(29-20)11-12-23-30(2,26)27/h3-4,7-10,18,23H,5-6,11-15H2,1-2H3,(H,22,25). The zero-order chi connectivity index (χ0) is 21.6. The Labute approximate surface area is 182 Å². The maximum absolute atomic E-state index is 12.7. The van der Waals surface area contributed by atoms with Crippen LogP contribution < -0.4 is 14.8 Å². The number of rotatable bonds is 10. The lowest BCUT2D eigenvalue weighted by Crippen LogP contribution is -2.36. The number of benzene rings is 1.